The molecule has 0 saturated carbocycles. The van der Waals surface area contributed by atoms with Gasteiger partial charge in [0.1, 0.15) is 5.65 Å². The molecule has 2 aromatic heterocycles. The van der Waals surface area contributed by atoms with Crippen LogP contribution in [-0.4, -0.2) is 62.8 Å². The van der Waals surface area contributed by atoms with Gasteiger partial charge < -0.3 is 20.5 Å². The SMILES string of the molecule is NC(=O)C1([NH+]2CCCCC2)CCN(C(=O)c2ccc3c(c2)[nH]c(=S)n2c4ccccc4nc32)CC1. The first-order chi connectivity index (χ1) is 17.0. The van der Waals surface area contributed by atoms with Gasteiger partial charge in [-0.1, -0.05) is 12.1 Å². The van der Waals surface area contributed by atoms with Crippen molar-refractivity contribution >= 4 is 51.6 Å². The summed E-state index contributed by atoms with van der Waals surface area (Å²) in [5.74, 6) is -0.262. The number of nitrogens with two attached hydrogens (primary N) is 1. The van der Waals surface area contributed by atoms with Crippen LogP contribution >= 0.6 is 12.2 Å². The lowest BCUT2D eigenvalue weighted by Crippen LogP contribution is -3.22. The number of carbonyl (C=O) groups excluding carboxylic acids is 2. The summed E-state index contributed by atoms with van der Waals surface area (Å²) in [6.45, 7) is 3.03. The zero-order chi connectivity index (χ0) is 24.2. The van der Waals surface area contributed by atoms with Crippen LogP contribution in [0.4, 0.5) is 0 Å². The second kappa shape index (κ2) is 8.42. The molecule has 4 aromatic rings. The van der Waals surface area contributed by atoms with Crippen molar-refractivity contribution < 1.29 is 14.5 Å². The molecule has 0 aliphatic carbocycles. The zero-order valence-corrected chi connectivity index (χ0v) is 20.4. The average Bonchev–Trinajstić information content (AvgIpc) is 3.29. The van der Waals surface area contributed by atoms with E-state index >= 15 is 0 Å². The van der Waals surface area contributed by atoms with Crippen molar-refractivity contribution in [3.63, 3.8) is 0 Å². The lowest BCUT2D eigenvalue weighted by atomic mass is 9.83. The molecule has 180 valence electrons. The highest BCUT2D eigenvalue weighted by Crippen LogP contribution is 2.26. The molecule has 35 heavy (non-hydrogen) atoms. The predicted octanol–water partition coefficient (Wildman–Crippen LogP) is 2.23. The van der Waals surface area contributed by atoms with Gasteiger partial charge in [-0.2, -0.15) is 0 Å². The number of nitrogens with one attached hydrogen (secondary N) is 2. The van der Waals surface area contributed by atoms with Crippen LogP contribution in [0.25, 0.3) is 27.6 Å². The summed E-state index contributed by atoms with van der Waals surface area (Å²) >= 11 is 5.63. The number of nitrogens with zero attached hydrogens (tertiary/aromatic N) is 3. The molecule has 0 spiro atoms. The smallest absolute Gasteiger partial charge is 0.278 e. The van der Waals surface area contributed by atoms with Crippen LogP contribution in [0.3, 0.4) is 0 Å². The maximum Gasteiger partial charge on any atom is 0.278 e. The van der Waals surface area contributed by atoms with Crippen LogP contribution in [0.5, 0.6) is 0 Å². The van der Waals surface area contributed by atoms with Crippen LogP contribution in [-0.2, 0) is 4.79 Å². The first-order valence-electron chi connectivity index (χ1n) is 12.4. The number of aromatic amines is 1. The number of imidazole rings is 1. The molecule has 2 aliphatic heterocycles. The van der Waals surface area contributed by atoms with Gasteiger partial charge in [-0.3, -0.25) is 14.0 Å². The van der Waals surface area contributed by atoms with E-state index in [0.29, 0.717) is 36.3 Å². The molecular formula is C26H29N6O2S+. The van der Waals surface area contributed by atoms with E-state index in [0.717, 1.165) is 53.5 Å². The zero-order valence-electron chi connectivity index (χ0n) is 19.5. The van der Waals surface area contributed by atoms with Gasteiger partial charge in [-0.05, 0) is 61.8 Å². The largest absolute Gasteiger partial charge is 0.364 e. The Kier molecular flexibility index (Phi) is 5.34. The third-order valence-electron chi connectivity index (χ3n) is 8.02. The number of piperidine rings is 2. The number of H-pyrrole nitrogens is 1. The lowest BCUT2D eigenvalue weighted by molar-refractivity contribution is -0.948. The number of para-hydroxylation sites is 2. The molecule has 8 nitrogen and oxygen atoms in total. The maximum atomic E-state index is 13.4. The monoisotopic (exact) mass is 489 g/mol. The standard InChI is InChI=1S/C26H28N6O2S/c27-24(34)26(31-12-4-1-5-13-31)10-14-30(15-11-26)23(33)17-8-9-18-20(16-17)29-25(35)32-21-7-3-2-6-19(21)28-22(18)32/h2-3,6-9,16H,1,4-5,10-15H2,(H2,27,34)(H,29,35)/p+1. The van der Waals surface area contributed by atoms with E-state index in [1.165, 1.54) is 11.3 Å². The fourth-order valence-corrected chi connectivity index (χ4v) is 6.36. The van der Waals surface area contributed by atoms with Crippen molar-refractivity contribution in [3.8, 4) is 0 Å². The molecule has 0 bridgehead atoms. The van der Waals surface area contributed by atoms with E-state index in [1.807, 2.05) is 51.8 Å². The second-order valence-electron chi connectivity index (χ2n) is 9.85. The van der Waals surface area contributed by atoms with Crippen LogP contribution in [0, 0.1) is 4.77 Å². The number of likely N-dealkylation sites (tertiary alicyclic amines) is 2. The van der Waals surface area contributed by atoms with Gasteiger partial charge in [0.15, 0.2) is 10.3 Å². The van der Waals surface area contributed by atoms with Crippen molar-refractivity contribution in [2.45, 2.75) is 37.6 Å². The summed E-state index contributed by atoms with van der Waals surface area (Å²) < 4.78 is 2.48. The van der Waals surface area contributed by atoms with E-state index in [9.17, 15) is 9.59 Å². The highest BCUT2D eigenvalue weighted by atomic mass is 32.1. The van der Waals surface area contributed by atoms with Gasteiger partial charge in [0, 0.05) is 36.9 Å². The normalized spacial score (nSPS) is 18.9. The molecule has 2 aliphatic rings. The highest BCUT2D eigenvalue weighted by molar-refractivity contribution is 7.71. The van der Waals surface area contributed by atoms with Crippen molar-refractivity contribution in [2.24, 2.45) is 5.73 Å². The predicted molar refractivity (Wildman–Crippen MR) is 137 cm³/mol. The third-order valence-corrected chi connectivity index (χ3v) is 8.31. The summed E-state index contributed by atoms with van der Waals surface area (Å²) in [4.78, 5) is 37.2. The molecule has 2 fully saturated rings. The Bertz CT molecular complexity index is 1530. The molecule has 9 heteroatoms. The lowest BCUT2D eigenvalue weighted by Gasteiger charge is -2.45. The Labute approximate surface area is 207 Å². The summed E-state index contributed by atoms with van der Waals surface area (Å²) in [7, 11) is 0. The number of aromatic nitrogens is 3. The van der Waals surface area contributed by atoms with Gasteiger partial charge in [0.25, 0.3) is 11.8 Å². The van der Waals surface area contributed by atoms with Gasteiger partial charge >= 0.3 is 0 Å². The number of rotatable bonds is 3. The van der Waals surface area contributed by atoms with E-state index in [-0.39, 0.29) is 11.8 Å². The number of hydrogen-bond acceptors (Lipinski definition) is 4. The van der Waals surface area contributed by atoms with E-state index in [1.54, 1.807) is 0 Å². The first-order valence-corrected chi connectivity index (χ1v) is 12.8. The molecule has 2 amide bonds. The van der Waals surface area contributed by atoms with Crippen molar-refractivity contribution in [1.29, 1.82) is 0 Å². The van der Waals surface area contributed by atoms with Crippen LogP contribution in [0.2, 0.25) is 0 Å². The number of hydrogen-bond donors (Lipinski definition) is 3. The summed E-state index contributed by atoms with van der Waals surface area (Å²) in [6.07, 6.45) is 4.70. The average molecular weight is 490 g/mol. The molecule has 2 aromatic carbocycles. The van der Waals surface area contributed by atoms with Crippen molar-refractivity contribution in [1.82, 2.24) is 19.3 Å². The van der Waals surface area contributed by atoms with Gasteiger partial charge in [-0.25, -0.2) is 4.98 Å². The minimum absolute atomic E-state index is 0.0358. The fourth-order valence-electron chi connectivity index (χ4n) is 6.06. The second-order valence-corrected chi connectivity index (χ2v) is 10.2. The molecule has 6 rings (SSSR count). The summed E-state index contributed by atoms with van der Waals surface area (Å²) in [6, 6.07) is 13.5. The highest BCUT2D eigenvalue weighted by Gasteiger charge is 2.49. The fraction of sp³-hybridized carbons (Fsp3) is 0.385. The van der Waals surface area contributed by atoms with Crippen LogP contribution < -0.4 is 10.6 Å². The number of benzene rings is 2. The summed E-state index contributed by atoms with van der Waals surface area (Å²) in [5, 5.41) is 0.909. The summed E-state index contributed by atoms with van der Waals surface area (Å²) in [5.41, 5.74) is 9.36. The molecule has 0 atom stereocenters. The minimum Gasteiger partial charge on any atom is -0.364 e. The number of amides is 2. The van der Waals surface area contributed by atoms with Gasteiger partial charge in [0.05, 0.1) is 29.6 Å². The van der Waals surface area contributed by atoms with Crippen LogP contribution in [0.1, 0.15) is 42.5 Å². The van der Waals surface area contributed by atoms with E-state index in [4.69, 9.17) is 22.9 Å². The van der Waals surface area contributed by atoms with Crippen LogP contribution in [0.15, 0.2) is 42.5 Å². The number of carbonyl (C=O) groups is 2. The first kappa shape index (κ1) is 22.2. The minimum atomic E-state index is -0.556. The van der Waals surface area contributed by atoms with Crippen molar-refractivity contribution in [2.75, 3.05) is 26.2 Å². The Morgan fingerprint density at radius 1 is 1.06 bits per heavy atom. The van der Waals surface area contributed by atoms with E-state index < -0.39 is 5.54 Å². The number of fused-ring (bicyclic) bond motifs is 5. The molecule has 2 saturated heterocycles. The van der Waals surface area contributed by atoms with Crippen molar-refractivity contribution in [3.05, 3.63) is 52.8 Å². The molecular weight excluding hydrogens is 460 g/mol. The molecule has 0 unspecified atom stereocenters. The topological polar surface area (TPSA) is 101 Å². The molecule has 4 heterocycles. The Morgan fingerprint density at radius 3 is 2.54 bits per heavy atom. The Balaban J connectivity index is 1.29. The Morgan fingerprint density at radius 2 is 1.80 bits per heavy atom. The number of primary amides is 1. The maximum absolute atomic E-state index is 13.4. The Hall–Kier alpha value is -3.30. The molecule has 0 radical (unpaired) electrons. The van der Waals surface area contributed by atoms with E-state index in [2.05, 4.69) is 4.98 Å². The number of quaternary nitrogens is 1. The van der Waals surface area contributed by atoms with Gasteiger partial charge in [-0.15, -0.1) is 0 Å². The third kappa shape index (κ3) is 3.52. The van der Waals surface area contributed by atoms with Gasteiger partial charge in [0.2, 0.25) is 0 Å². The molecule has 4 N–H and O–H groups in total. The quantitative estimate of drug-likeness (QED) is 0.384.